The Balaban J connectivity index is -0.000000640. The highest BCUT2D eigenvalue weighted by Crippen LogP contribution is 2.27. The van der Waals surface area contributed by atoms with Gasteiger partial charge in [-0.1, -0.05) is 26.1 Å². The molecule has 0 saturated carbocycles. The van der Waals surface area contributed by atoms with Crippen molar-refractivity contribution >= 4 is 71.6 Å². The number of aliphatic carboxylic acids is 1. The lowest BCUT2D eigenvalue weighted by Crippen LogP contribution is -2.41. The minimum absolute atomic E-state index is 0.00273. The lowest BCUT2D eigenvalue weighted by molar-refractivity contribution is -0.148. The van der Waals surface area contributed by atoms with E-state index in [0.717, 1.165) is 4.67 Å². The van der Waals surface area contributed by atoms with Crippen LogP contribution in [-0.4, -0.2) is 128 Å². The number of aliphatic hydroxyl groups is 2. The number of carbonyl (C=O) groups is 6. The van der Waals surface area contributed by atoms with Gasteiger partial charge in [0, 0.05) is 57.0 Å². The number of cyclic esters (lactones) is 2. The summed E-state index contributed by atoms with van der Waals surface area (Å²) in [5.41, 5.74) is 36.3. The van der Waals surface area contributed by atoms with Crippen molar-refractivity contribution in [2.24, 2.45) is 42.8 Å². The van der Waals surface area contributed by atoms with E-state index in [1.807, 2.05) is 0 Å². The van der Waals surface area contributed by atoms with Crippen molar-refractivity contribution in [1.29, 1.82) is 0 Å². The van der Waals surface area contributed by atoms with Crippen molar-refractivity contribution in [3.63, 3.8) is 0 Å². The smallest absolute Gasteiger partial charge is 0.413 e. The van der Waals surface area contributed by atoms with Gasteiger partial charge in [-0.2, -0.15) is 0 Å². The maximum Gasteiger partial charge on any atom is 0.413 e. The number of carboxylic acids is 1. The van der Waals surface area contributed by atoms with Crippen LogP contribution in [0.4, 0.5) is 9.59 Å². The number of nitrogens with zero attached hydrogens (tertiary/aromatic N) is 14. The average Bonchev–Trinajstić information content (AvgIpc) is 3.20. The number of nitrogens with two attached hydrogens (primary N) is 1. The molecule has 306 valence electrons. The zero-order valence-corrected chi connectivity index (χ0v) is 33.1. The van der Waals surface area contributed by atoms with Crippen molar-refractivity contribution in [2.75, 3.05) is 67.4 Å². The molecule has 2 saturated heterocycles. The molecule has 0 radical (unpaired) electrons. The van der Waals surface area contributed by atoms with Crippen LogP contribution in [0.15, 0.2) is 31.7 Å². The maximum absolute atomic E-state index is 11.2. The monoisotopic (exact) mass is 862 g/mol. The van der Waals surface area contributed by atoms with Gasteiger partial charge in [0.25, 0.3) is 0 Å². The summed E-state index contributed by atoms with van der Waals surface area (Å²) in [5, 5.41) is 28.3. The van der Waals surface area contributed by atoms with Crippen LogP contribution in [0.3, 0.4) is 0 Å². The zero-order valence-electron chi connectivity index (χ0n) is 29.1. The fraction of sp³-hybridized carbons (Fsp3) is 0.619. The Kier molecular flexibility index (Phi) is 35.5. The van der Waals surface area contributed by atoms with Crippen molar-refractivity contribution in [2.45, 2.75) is 0 Å². The number of aliphatic hydroxyl groups excluding tert-OH is 2. The van der Waals surface area contributed by atoms with E-state index in [0.29, 0.717) is 0 Å². The Morgan fingerprint density at radius 3 is 1.73 bits per heavy atom. The van der Waals surface area contributed by atoms with E-state index in [1.165, 1.54) is 26.0 Å². The molecule has 6 N–H and O–H groups in total. The molecule has 2 aliphatic heterocycles. The van der Waals surface area contributed by atoms with Crippen molar-refractivity contribution in [1.82, 2.24) is 14.4 Å². The quantitative estimate of drug-likeness (QED) is 0.0231. The zero-order chi connectivity index (χ0) is 42.6. The van der Waals surface area contributed by atoms with E-state index >= 15 is 0 Å². The molecule has 7 atom stereocenters. The molecule has 2 rings (SSSR count). The summed E-state index contributed by atoms with van der Waals surface area (Å²) in [7, 11) is 2.63. The van der Waals surface area contributed by atoms with E-state index in [2.05, 4.69) is 69.8 Å². The number of azide groups is 4. The molecule has 0 spiro atoms. The molecule has 2 amide bonds. The Morgan fingerprint density at radius 2 is 1.38 bits per heavy atom. The molecular weight excluding hydrogens is 824 g/mol. The number of methoxy groups -OCH3 is 3. The first-order chi connectivity index (χ1) is 26.2. The summed E-state index contributed by atoms with van der Waals surface area (Å²) in [4.78, 5) is 87.5. The van der Waals surface area contributed by atoms with Crippen molar-refractivity contribution in [3.8, 4) is 0 Å². The van der Waals surface area contributed by atoms with Crippen LogP contribution < -0.4 is 10.6 Å². The number of carbonyl (C=O) groups excluding carboxylic acids is 5. The molecule has 2 fully saturated rings. The molecule has 34 heteroatoms. The Morgan fingerprint density at radius 1 is 0.891 bits per heavy atom. The van der Waals surface area contributed by atoms with Crippen LogP contribution in [0.2, 0.25) is 0 Å². The number of esters is 3. The van der Waals surface area contributed by atoms with Gasteiger partial charge in [-0.3, -0.25) is 28.8 Å². The lowest BCUT2D eigenvalue weighted by Gasteiger charge is -2.28. The number of ether oxygens (including phenoxy) is 5. The normalized spacial score (nSPS) is 16.2. The molecule has 2 aliphatic rings. The molecule has 30 nitrogen and oxygen atoms in total. The van der Waals surface area contributed by atoms with Crippen LogP contribution in [0, 0.1) is 17.8 Å². The van der Waals surface area contributed by atoms with Crippen LogP contribution in [0.5, 0.6) is 0 Å². The van der Waals surface area contributed by atoms with Crippen molar-refractivity contribution < 1.29 is 67.8 Å². The lowest BCUT2D eigenvalue weighted by atomic mass is 10.1. The number of carboxylic acid groups (broad SMARTS) is 1. The summed E-state index contributed by atoms with van der Waals surface area (Å²) >= 11 is 0. The van der Waals surface area contributed by atoms with Crippen LogP contribution in [-0.2, 0) is 42.9 Å². The van der Waals surface area contributed by atoms with E-state index in [4.69, 9.17) is 47.7 Å². The second-order valence-corrected chi connectivity index (χ2v) is 12.0. The highest BCUT2D eigenvalue weighted by atomic mass is 31.1. The Bertz CT molecular complexity index is 1440. The molecule has 2 heterocycles. The predicted molar refractivity (Wildman–Crippen MR) is 196 cm³/mol. The minimum Gasteiger partial charge on any atom is -0.481 e. The van der Waals surface area contributed by atoms with Gasteiger partial charge >= 0.3 is 36.1 Å². The van der Waals surface area contributed by atoms with Gasteiger partial charge in [0.2, 0.25) is 0 Å². The first-order valence-electron chi connectivity index (χ1n) is 14.1. The van der Waals surface area contributed by atoms with Gasteiger partial charge in [-0.05, 0) is 22.1 Å². The number of nitrogens with one attached hydrogen (secondary N) is 1. The molecule has 0 aromatic carbocycles. The highest BCUT2D eigenvalue weighted by Gasteiger charge is 2.32. The third-order valence-electron chi connectivity index (χ3n) is 5.41. The second kappa shape index (κ2) is 36.0. The van der Waals surface area contributed by atoms with Crippen LogP contribution >= 0.6 is 35.5 Å². The SMILES string of the molecule is C=C(CO)C(=O)OC.COC(=O)C(CO)CNPN=[N+]=[N-].COC(=O)C1COC(=O)N(PN=[N+]=[N-])C1.[N-]=[N+]=NPN.[N-]=[N+]=NPN1CC(C(=O)O)COC1=O. The third-order valence-corrected chi connectivity index (χ3v) is 7.74. The van der Waals surface area contributed by atoms with Gasteiger partial charge < -0.3 is 44.5 Å². The van der Waals surface area contributed by atoms with E-state index in [9.17, 15) is 28.8 Å². The molecule has 0 aliphatic carbocycles. The maximum atomic E-state index is 11.2. The van der Waals surface area contributed by atoms with Crippen LogP contribution in [0.25, 0.3) is 41.8 Å². The third kappa shape index (κ3) is 27.2. The predicted octanol–water partition coefficient (Wildman–Crippen LogP) is 2.65. The first kappa shape index (κ1) is 54.3. The number of hydrogen-bond donors (Lipinski definition) is 5. The summed E-state index contributed by atoms with van der Waals surface area (Å²) in [6, 6.07) is 0. The summed E-state index contributed by atoms with van der Waals surface area (Å²) in [6.07, 6.45) is -1.23. The molecular formula is C21H38N16O14P4. The van der Waals surface area contributed by atoms with Gasteiger partial charge in [0.05, 0.1) is 63.8 Å². The fourth-order valence-electron chi connectivity index (χ4n) is 2.82. The molecule has 0 aromatic rings. The summed E-state index contributed by atoms with van der Waals surface area (Å²) in [6.45, 7) is 2.87. The van der Waals surface area contributed by atoms with E-state index in [1.54, 1.807) is 0 Å². The highest BCUT2D eigenvalue weighted by molar-refractivity contribution is 7.34. The largest absolute Gasteiger partial charge is 0.481 e. The van der Waals surface area contributed by atoms with E-state index < -0.39 is 71.6 Å². The van der Waals surface area contributed by atoms with E-state index in [-0.39, 0.29) is 69.4 Å². The fourth-order valence-corrected chi connectivity index (χ4v) is 4.51. The standard InChI is InChI=1S/C6H9N4O4P.C5H7N4O4P.C5H11N4O3P.C5H8O3.H3N4P/c1-13-5(11)4-2-10(15-9-8-7)6(12)14-3-4;6-7-8-14-9-1-3(4(10)11)2-13-5(9)12;1-12-5(11)4(3-10)2-7-13-9-8-6;1-4(3-6)5(7)8-2;1-3-4-5-2/h4,15H,2-3H2,1H3;3,14H,1-2H2,(H,10,11);4,7,10,13H,2-3H2,1H3;6H,1,3H2,2H3;5H,2H2. The van der Waals surface area contributed by atoms with Gasteiger partial charge in [0.1, 0.15) is 25.0 Å². The molecule has 7 unspecified atom stereocenters. The first-order valence-corrected chi connectivity index (χ1v) is 17.9. The molecule has 0 aromatic heterocycles. The van der Waals surface area contributed by atoms with Gasteiger partial charge in [0.15, 0.2) is 0 Å². The summed E-state index contributed by atoms with van der Waals surface area (Å²) in [5.74, 6) is -4.41. The Hall–Kier alpha value is -5.04. The minimum atomic E-state index is -1.03. The number of rotatable bonds is 15. The number of hydrogen-bond acceptors (Lipinski definition) is 19. The summed E-state index contributed by atoms with van der Waals surface area (Å²) < 4.78 is 24.7. The molecule has 55 heavy (non-hydrogen) atoms. The van der Waals surface area contributed by atoms with Gasteiger partial charge in [-0.15, -0.1) is 0 Å². The topological polar surface area (TPSA) is 449 Å². The Labute approximate surface area is 317 Å². The second-order valence-electron chi connectivity index (χ2n) is 8.87. The average molecular weight is 863 g/mol. The van der Waals surface area contributed by atoms with Crippen molar-refractivity contribution in [3.05, 3.63) is 53.9 Å². The van der Waals surface area contributed by atoms with Gasteiger partial charge in [-0.25, -0.2) is 14.4 Å². The molecule has 0 bridgehead atoms. The van der Waals surface area contributed by atoms with Crippen LogP contribution in [0.1, 0.15) is 0 Å². The number of amides is 2.